The molecular formula is C11H12N2O4. The average Bonchev–Trinajstić information content (AvgIpc) is 2.67. The van der Waals surface area contributed by atoms with Crippen LogP contribution >= 0.6 is 0 Å². The molecule has 0 aliphatic carbocycles. The van der Waals surface area contributed by atoms with Crippen molar-refractivity contribution in [2.45, 2.75) is 32.7 Å². The van der Waals surface area contributed by atoms with Crippen LogP contribution in [0.5, 0.6) is 0 Å². The standard InChI is InChI=1S/C11H12N2O4/c1-5(2)6-3-9(15)13(11(6)17)7-4-8(14)12-10(7)16/h7H,3-4H2,1-2H3,(H,12,14,16)/t7-/m0/s1. The lowest BCUT2D eigenvalue weighted by Crippen LogP contribution is -2.44. The van der Waals surface area contributed by atoms with Crippen molar-refractivity contribution >= 4 is 23.6 Å². The first-order chi connectivity index (χ1) is 7.91. The maximum Gasteiger partial charge on any atom is 0.257 e. The number of likely N-dealkylation sites (tertiary alicyclic amines) is 1. The molecule has 6 heteroatoms. The molecule has 2 aliphatic rings. The van der Waals surface area contributed by atoms with Crippen molar-refractivity contribution in [1.29, 1.82) is 0 Å². The Morgan fingerprint density at radius 2 is 1.88 bits per heavy atom. The molecule has 4 amide bonds. The van der Waals surface area contributed by atoms with E-state index in [1.54, 1.807) is 13.8 Å². The first-order valence-electron chi connectivity index (χ1n) is 5.28. The van der Waals surface area contributed by atoms with Gasteiger partial charge in [0.05, 0.1) is 12.8 Å². The number of carbonyl (C=O) groups excluding carboxylic acids is 4. The van der Waals surface area contributed by atoms with Crippen molar-refractivity contribution in [2.75, 3.05) is 0 Å². The van der Waals surface area contributed by atoms with Crippen LogP contribution in [0.4, 0.5) is 0 Å². The van der Waals surface area contributed by atoms with Crippen molar-refractivity contribution in [3.8, 4) is 0 Å². The van der Waals surface area contributed by atoms with Gasteiger partial charge in [-0.3, -0.25) is 29.4 Å². The quantitative estimate of drug-likeness (QED) is 0.491. The molecule has 0 aromatic rings. The number of hydrogen-bond donors (Lipinski definition) is 1. The summed E-state index contributed by atoms with van der Waals surface area (Å²) in [6.07, 6.45) is -0.120. The lowest BCUT2D eigenvalue weighted by Gasteiger charge is -2.18. The van der Waals surface area contributed by atoms with Crippen LogP contribution in [0.3, 0.4) is 0 Å². The molecule has 90 valence electrons. The van der Waals surface area contributed by atoms with Gasteiger partial charge in [-0.1, -0.05) is 5.57 Å². The summed E-state index contributed by atoms with van der Waals surface area (Å²) < 4.78 is 0. The molecule has 0 bridgehead atoms. The molecule has 0 saturated carbocycles. The Labute approximate surface area is 97.6 Å². The number of amides is 4. The summed E-state index contributed by atoms with van der Waals surface area (Å²) in [5.74, 6) is -1.90. The Bertz CT molecular complexity index is 474. The second-order valence-electron chi connectivity index (χ2n) is 4.36. The molecule has 2 saturated heterocycles. The summed E-state index contributed by atoms with van der Waals surface area (Å²) in [5, 5.41) is 2.09. The number of nitrogens with zero attached hydrogens (tertiary/aromatic N) is 1. The molecule has 1 atom stereocenters. The van der Waals surface area contributed by atoms with Gasteiger partial charge in [-0.25, -0.2) is 0 Å². The molecule has 1 N–H and O–H groups in total. The summed E-state index contributed by atoms with van der Waals surface area (Å²) in [7, 11) is 0. The predicted molar refractivity (Wildman–Crippen MR) is 56.4 cm³/mol. The third-order valence-corrected chi connectivity index (χ3v) is 2.93. The van der Waals surface area contributed by atoms with E-state index < -0.39 is 29.7 Å². The van der Waals surface area contributed by atoms with Gasteiger partial charge >= 0.3 is 0 Å². The largest absolute Gasteiger partial charge is 0.295 e. The molecule has 2 rings (SSSR count). The van der Waals surface area contributed by atoms with Crippen LogP contribution in [-0.2, 0) is 19.2 Å². The first kappa shape index (κ1) is 11.5. The maximum absolute atomic E-state index is 12.0. The highest BCUT2D eigenvalue weighted by Gasteiger charge is 2.45. The Kier molecular flexibility index (Phi) is 2.57. The van der Waals surface area contributed by atoms with Gasteiger partial charge in [0.2, 0.25) is 17.7 Å². The van der Waals surface area contributed by atoms with E-state index in [4.69, 9.17) is 0 Å². The molecule has 6 nitrogen and oxygen atoms in total. The van der Waals surface area contributed by atoms with Crippen molar-refractivity contribution < 1.29 is 19.2 Å². The number of allylic oxidation sites excluding steroid dienone is 1. The summed E-state index contributed by atoms with van der Waals surface area (Å²) in [4.78, 5) is 47.1. The van der Waals surface area contributed by atoms with E-state index in [0.29, 0.717) is 5.57 Å². The number of rotatable bonds is 1. The summed E-state index contributed by atoms with van der Waals surface area (Å²) in [5.41, 5.74) is 1.18. The van der Waals surface area contributed by atoms with Crippen molar-refractivity contribution in [3.05, 3.63) is 11.1 Å². The van der Waals surface area contributed by atoms with Crippen LogP contribution in [0, 0.1) is 0 Å². The molecule has 0 spiro atoms. The smallest absolute Gasteiger partial charge is 0.257 e. The zero-order valence-corrected chi connectivity index (χ0v) is 9.57. The monoisotopic (exact) mass is 236 g/mol. The van der Waals surface area contributed by atoms with E-state index in [9.17, 15) is 19.2 Å². The molecule has 0 unspecified atom stereocenters. The third-order valence-electron chi connectivity index (χ3n) is 2.93. The summed E-state index contributed by atoms with van der Waals surface area (Å²) in [6.45, 7) is 3.48. The van der Waals surface area contributed by atoms with Gasteiger partial charge in [0.25, 0.3) is 5.91 Å². The molecule has 2 fully saturated rings. The number of carbonyl (C=O) groups is 4. The van der Waals surface area contributed by atoms with Crippen LogP contribution in [0.25, 0.3) is 0 Å². The highest BCUT2D eigenvalue weighted by molar-refractivity contribution is 6.18. The first-order valence-corrected chi connectivity index (χ1v) is 5.28. The van der Waals surface area contributed by atoms with Crippen molar-refractivity contribution in [1.82, 2.24) is 10.2 Å². The number of nitrogens with one attached hydrogen (secondary N) is 1. The second-order valence-corrected chi connectivity index (χ2v) is 4.36. The van der Waals surface area contributed by atoms with Gasteiger partial charge in [0.1, 0.15) is 6.04 Å². The Morgan fingerprint density at radius 3 is 2.29 bits per heavy atom. The summed E-state index contributed by atoms with van der Waals surface area (Å²) >= 11 is 0. The second kappa shape index (κ2) is 3.80. The average molecular weight is 236 g/mol. The summed E-state index contributed by atoms with van der Waals surface area (Å²) in [6, 6.07) is -0.973. The fourth-order valence-corrected chi connectivity index (χ4v) is 2.03. The fraction of sp³-hybridized carbons (Fsp3) is 0.455. The van der Waals surface area contributed by atoms with Crippen molar-refractivity contribution in [2.24, 2.45) is 0 Å². The van der Waals surface area contributed by atoms with E-state index in [1.165, 1.54) is 0 Å². The zero-order chi connectivity index (χ0) is 12.7. The van der Waals surface area contributed by atoms with E-state index in [1.807, 2.05) is 0 Å². The molecular weight excluding hydrogens is 224 g/mol. The normalized spacial score (nSPS) is 24.7. The molecule has 2 aliphatic heterocycles. The van der Waals surface area contributed by atoms with Gasteiger partial charge in [0.15, 0.2) is 0 Å². The molecule has 17 heavy (non-hydrogen) atoms. The lowest BCUT2D eigenvalue weighted by atomic mass is 10.1. The zero-order valence-electron chi connectivity index (χ0n) is 9.57. The number of hydrogen-bond acceptors (Lipinski definition) is 4. The van der Waals surface area contributed by atoms with E-state index in [-0.39, 0.29) is 12.8 Å². The molecule has 2 heterocycles. The van der Waals surface area contributed by atoms with Crippen LogP contribution in [0.1, 0.15) is 26.7 Å². The topological polar surface area (TPSA) is 83.6 Å². The molecule has 0 aromatic heterocycles. The Hall–Kier alpha value is -1.98. The Balaban J connectivity index is 2.32. The Morgan fingerprint density at radius 1 is 1.24 bits per heavy atom. The maximum atomic E-state index is 12.0. The van der Waals surface area contributed by atoms with E-state index >= 15 is 0 Å². The predicted octanol–water partition coefficient (Wildman–Crippen LogP) is -0.503. The van der Waals surface area contributed by atoms with Gasteiger partial charge in [-0.15, -0.1) is 0 Å². The minimum atomic E-state index is -0.973. The highest BCUT2D eigenvalue weighted by Crippen LogP contribution is 2.26. The van der Waals surface area contributed by atoms with E-state index in [2.05, 4.69) is 5.32 Å². The molecule has 0 aromatic carbocycles. The number of imide groups is 2. The minimum Gasteiger partial charge on any atom is -0.295 e. The minimum absolute atomic E-state index is 0.0130. The SMILES string of the molecule is CC(C)=C1CC(=O)N([C@H]2CC(=O)NC2=O)C1=O. The fourth-order valence-electron chi connectivity index (χ4n) is 2.03. The van der Waals surface area contributed by atoms with Crippen LogP contribution in [0.2, 0.25) is 0 Å². The highest BCUT2D eigenvalue weighted by atomic mass is 16.2. The van der Waals surface area contributed by atoms with Crippen LogP contribution in [0.15, 0.2) is 11.1 Å². The van der Waals surface area contributed by atoms with Gasteiger partial charge < -0.3 is 0 Å². The van der Waals surface area contributed by atoms with Gasteiger partial charge in [-0.05, 0) is 13.8 Å². The third kappa shape index (κ3) is 1.75. The van der Waals surface area contributed by atoms with Gasteiger partial charge in [0, 0.05) is 5.57 Å². The van der Waals surface area contributed by atoms with Crippen molar-refractivity contribution in [3.63, 3.8) is 0 Å². The van der Waals surface area contributed by atoms with Gasteiger partial charge in [-0.2, -0.15) is 0 Å². The van der Waals surface area contributed by atoms with Crippen LogP contribution in [-0.4, -0.2) is 34.6 Å². The van der Waals surface area contributed by atoms with E-state index in [0.717, 1.165) is 10.5 Å². The van der Waals surface area contributed by atoms with Crippen LogP contribution < -0.4 is 5.32 Å². The lowest BCUT2D eigenvalue weighted by molar-refractivity contribution is -0.144. The molecule has 0 radical (unpaired) electrons.